The van der Waals surface area contributed by atoms with Gasteiger partial charge in [-0.05, 0) is 36.5 Å². The third-order valence-electron chi connectivity index (χ3n) is 3.66. The quantitative estimate of drug-likeness (QED) is 0.787. The first-order valence-electron chi connectivity index (χ1n) is 6.40. The molecule has 1 aromatic carbocycles. The molecule has 0 aliphatic heterocycles. The molecular formula is C15H15NO2S. The first-order valence-corrected chi connectivity index (χ1v) is 7.28. The van der Waals surface area contributed by atoms with Crippen molar-refractivity contribution in [3.05, 3.63) is 51.5 Å². The highest BCUT2D eigenvalue weighted by Crippen LogP contribution is 2.38. The Morgan fingerprint density at radius 1 is 1.47 bits per heavy atom. The van der Waals surface area contributed by atoms with Gasteiger partial charge in [0.05, 0.1) is 17.7 Å². The van der Waals surface area contributed by atoms with Crippen molar-refractivity contribution in [3.63, 3.8) is 0 Å². The fourth-order valence-electron chi connectivity index (χ4n) is 2.81. The molecule has 2 aromatic rings. The van der Waals surface area contributed by atoms with Crippen LogP contribution in [0.15, 0.2) is 29.8 Å². The molecular weight excluding hydrogens is 258 g/mol. The van der Waals surface area contributed by atoms with Gasteiger partial charge in [0.2, 0.25) is 0 Å². The van der Waals surface area contributed by atoms with Crippen LogP contribution in [0.1, 0.15) is 45.3 Å². The summed E-state index contributed by atoms with van der Waals surface area (Å²) in [6.45, 7) is 0. The fraction of sp³-hybridized carbons (Fsp3) is 0.333. The van der Waals surface area contributed by atoms with Crippen LogP contribution in [-0.2, 0) is 11.2 Å². The van der Waals surface area contributed by atoms with E-state index in [2.05, 4.69) is 11.1 Å². The SMILES string of the molecule is COC(=O)c1cccc2c1CCCC2c1nccs1. The Labute approximate surface area is 116 Å². The molecule has 1 atom stereocenters. The lowest BCUT2D eigenvalue weighted by atomic mass is 9.81. The first kappa shape index (κ1) is 12.4. The molecule has 0 saturated carbocycles. The molecule has 0 amide bonds. The second-order valence-corrected chi connectivity index (χ2v) is 5.61. The number of rotatable bonds is 2. The Kier molecular flexibility index (Phi) is 3.34. The number of hydrogen-bond donors (Lipinski definition) is 0. The highest BCUT2D eigenvalue weighted by atomic mass is 32.1. The molecule has 0 spiro atoms. The Hall–Kier alpha value is -1.68. The van der Waals surface area contributed by atoms with Gasteiger partial charge in [0, 0.05) is 17.5 Å². The van der Waals surface area contributed by atoms with Crippen molar-refractivity contribution in [1.29, 1.82) is 0 Å². The van der Waals surface area contributed by atoms with Crippen LogP contribution in [0.3, 0.4) is 0 Å². The molecule has 4 heteroatoms. The molecule has 0 N–H and O–H groups in total. The van der Waals surface area contributed by atoms with Crippen LogP contribution < -0.4 is 0 Å². The van der Waals surface area contributed by atoms with E-state index < -0.39 is 0 Å². The van der Waals surface area contributed by atoms with Crippen molar-refractivity contribution >= 4 is 17.3 Å². The molecule has 1 aliphatic carbocycles. The third kappa shape index (κ3) is 2.16. The highest BCUT2D eigenvalue weighted by Gasteiger charge is 2.26. The number of carbonyl (C=O) groups is 1. The number of thiazole rings is 1. The maximum absolute atomic E-state index is 11.8. The monoisotopic (exact) mass is 273 g/mol. The predicted octanol–water partition coefficient (Wildman–Crippen LogP) is 3.40. The van der Waals surface area contributed by atoms with Crippen molar-refractivity contribution in [3.8, 4) is 0 Å². The molecule has 98 valence electrons. The van der Waals surface area contributed by atoms with Crippen LogP contribution in [0, 0.1) is 0 Å². The van der Waals surface area contributed by atoms with E-state index in [4.69, 9.17) is 4.74 Å². The number of ether oxygens (including phenoxy) is 1. The lowest BCUT2D eigenvalue weighted by Gasteiger charge is -2.25. The number of esters is 1. The molecule has 0 radical (unpaired) electrons. The van der Waals surface area contributed by atoms with E-state index in [0.717, 1.165) is 29.8 Å². The molecule has 1 unspecified atom stereocenters. The molecule has 1 aromatic heterocycles. The molecule has 0 fully saturated rings. The van der Waals surface area contributed by atoms with Gasteiger partial charge in [0.15, 0.2) is 0 Å². The van der Waals surface area contributed by atoms with E-state index in [1.165, 1.54) is 12.7 Å². The van der Waals surface area contributed by atoms with Gasteiger partial charge in [0.25, 0.3) is 0 Å². The van der Waals surface area contributed by atoms with Crippen LogP contribution in [0.25, 0.3) is 0 Å². The third-order valence-corrected chi connectivity index (χ3v) is 4.55. The highest BCUT2D eigenvalue weighted by molar-refractivity contribution is 7.09. The van der Waals surface area contributed by atoms with Gasteiger partial charge in [-0.3, -0.25) is 0 Å². The topological polar surface area (TPSA) is 39.2 Å². The van der Waals surface area contributed by atoms with E-state index in [9.17, 15) is 4.79 Å². The summed E-state index contributed by atoms with van der Waals surface area (Å²) in [5.74, 6) is 0.0880. The van der Waals surface area contributed by atoms with E-state index in [0.29, 0.717) is 11.5 Å². The van der Waals surface area contributed by atoms with Gasteiger partial charge in [-0.2, -0.15) is 0 Å². The van der Waals surface area contributed by atoms with Gasteiger partial charge < -0.3 is 4.74 Å². The summed E-state index contributed by atoms with van der Waals surface area (Å²) in [5.41, 5.74) is 3.09. The van der Waals surface area contributed by atoms with Crippen molar-refractivity contribution < 1.29 is 9.53 Å². The minimum absolute atomic E-state index is 0.239. The lowest BCUT2D eigenvalue weighted by molar-refractivity contribution is 0.0599. The molecule has 0 saturated heterocycles. The maximum atomic E-state index is 11.8. The number of methoxy groups -OCH3 is 1. The lowest BCUT2D eigenvalue weighted by Crippen LogP contribution is -2.15. The van der Waals surface area contributed by atoms with Crippen molar-refractivity contribution in [2.45, 2.75) is 25.2 Å². The Morgan fingerprint density at radius 2 is 2.37 bits per heavy atom. The maximum Gasteiger partial charge on any atom is 0.338 e. The number of aromatic nitrogens is 1. The summed E-state index contributed by atoms with van der Waals surface area (Å²) < 4.78 is 4.88. The predicted molar refractivity (Wildman–Crippen MR) is 74.7 cm³/mol. The summed E-state index contributed by atoms with van der Waals surface area (Å²) >= 11 is 1.69. The van der Waals surface area contributed by atoms with Crippen LogP contribution >= 0.6 is 11.3 Å². The zero-order valence-corrected chi connectivity index (χ0v) is 11.6. The molecule has 1 heterocycles. The summed E-state index contributed by atoms with van der Waals surface area (Å²) in [4.78, 5) is 16.3. The number of hydrogen-bond acceptors (Lipinski definition) is 4. The van der Waals surface area contributed by atoms with Gasteiger partial charge in [-0.1, -0.05) is 12.1 Å². The van der Waals surface area contributed by atoms with Crippen molar-refractivity contribution in [2.75, 3.05) is 7.11 Å². The van der Waals surface area contributed by atoms with Crippen LogP contribution in [0.2, 0.25) is 0 Å². The molecule has 3 nitrogen and oxygen atoms in total. The smallest absolute Gasteiger partial charge is 0.338 e. The Morgan fingerprint density at radius 3 is 3.11 bits per heavy atom. The number of fused-ring (bicyclic) bond motifs is 1. The van der Waals surface area contributed by atoms with Gasteiger partial charge in [-0.15, -0.1) is 11.3 Å². The summed E-state index contributed by atoms with van der Waals surface area (Å²) in [6, 6.07) is 5.92. The average molecular weight is 273 g/mol. The number of benzene rings is 1. The normalized spacial score (nSPS) is 17.8. The summed E-state index contributed by atoms with van der Waals surface area (Å²) in [7, 11) is 1.43. The van der Waals surface area contributed by atoms with E-state index in [1.54, 1.807) is 11.3 Å². The first-order chi connectivity index (χ1) is 9.31. The van der Waals surface area contributed by atoms with Crippen molar-refractivity contribution in [2.24, 2.45) is 0 Å². The number of carbonyl (C=O) groups excluding carboxylic acids is 1. The van der Waals surface area contributed by atoms with Crippen LogP contribution in [0.5, 0.6) is 0 Å². The zero-order valence-electron chi connectivity index (χ0n) is 10.8. The van der Waals surface area contributed by atoms with Crippen molar-refractivity contribution in [1.82, 2.24) is 4.98 Å². The largest absolute Gasteiger partial charge is 0.465 e. The number of nitrogens with zero attached hydrogens (tertiary/aromatic N) is 1. The van der Waals surface area contributed by atoms with Crippen LogP contribution in [0.4, 0.5) is 0 Å². The Balaban J connectivity index is 2.08. The molecule has 3 rings (SSSR count). The summed E-state index contributed by atoms with van der Waals surface area (Å²) in [5, 5.41) is 3.15. The molecule has 19 heavy (non-hydrogen) atoms. The minimum atomic E-state index is -0.239. The molecule has 0 bridgehead atoms. The second kappa shape index (κ2) is 5.13. The van der Waals surface area contributed by atoms with Gasteiger partial charge >= 0.3 is 5.97 Å². The van der Waals surface area contributed by atoms with Crippen LogP contribution in [-0.4, -0.2) is 18.1 Å². The van der Waals surface area contributed by atoms with Gasteiger partial charge in [0.1, 0.15) is 0 Å². The minimum Gasteiger partial charge on any atom is -0.465 e. The second-order valence-electron chi connectivity index (χ2n) is 4.68. The summed E-state index contributed by atoms with van der Waals surface area (Å²) in [6.07, 6.45) is 4.98. The molecule has 1 aliphatic rings. The average Bonchev–Trinajstić information content (AvgIpc) is 2.99. The standard InChI is InChI=1S/C15H15NO2S/c1-18-15(17)13-7-3-4-10-11(13)5-2-6-12(10)14-16-8-9-19-14/h3-4,7-9,12H,2,5-6H2,1H3. The zero-order chi connectivity index (χ0) is 13.2. The van der Waals surface area contributed by atoms with E-state index in [-0.39, 0.29) is 5.97 Å². The van der Waals surface area contributed by atoms with Gasteiger partial charge in [-0.25, -0.2) is 9.78 Å². The van der Waals surface area contributed by atoms with E-state index in [1.807, 2.05) is 23.7 Å². The fourth-order valence-corrected chi connectivity index (χ4v) is 3.60. The van der Waals surface area contributed by atoms with E-state index >= 15 is 0 Å². The Bertz CT molecular complexity index is 592.